The number of pyridine rings is 1. The van der Waals surface area contributed by atoms with E-state index in [2.05, 4.69) is 15.0 Å². The van der Waals surface area contributed by atoms with Crippen molar-refractivity contribution in [2.45, 2.75) is 4.21 Å². The summed E-state index contributed by atoms with van der Waals surface area (Å²) in [7, 11) is 0. The Morgan fingerprint density at radius 1 is 1.00 bits per heavy atom. The van der Waals surface area contributed by atoms with Crippen LogP contribution in [0.5, 0.6) is 0 Å². The maximum Gasteiger partial charge on any atom is 0.255 e. The topological polar surface area (TPSA) is 54.0 Å². The summed E-state index contributed by atoms with van der Waals surface area (Å²) in [5.41, 5.74) is 2.96. The Balaban J connectivity index is 1.51. The average Bonchev–Trinajstić information content (AvgIpc) is 3.20. The zero-order valence-electron chi connectivity index (χ0n) is 13.7. The molecule has 0 atom stereocenters. The minimum atomic E-state index is -0.159. The first kappa shape index (κ1) is 16.6. The van der Waals surface area contributed by atoms with E-state index in [1.54, 1.807) is 23.6 Å². The van der Waals surface area contributed by atoms with E-state index in [0.29, 0.717) is 11.3 Å². The van der Waals surface area contributed by atoms with Crippen molar-refractivity contribution in [2.75, 3.05) is 10.0 Å². The largest absolute Gasteiger partial charge is 0.325 e. The highest BCUT2D eigenvalue weighted by Crippen LogP contribution is 2.26. The van der Waals surface area contributed by atoms with E-state index >= 15 is 0 Å². The fraction of sp³-hybridized carbons (Fsp3) is 0. The van der Waals surface area contributed by atoms with E-state index < -0.39 is 0 Å². The van der Waals surface area contributed by atoms with Gasteiger partial charge in [-0.1, -0.05) is 30.3 Å². The molecule has 0 aliphatic heterocycles. The van der Waals surface area contributed by atoms with E-state index in [0.717, 1.165) is 16.6 Å². The number of nitrogens with one attached hydrogen (secondary N) is 2. The van der Waals surface area contributed by atoms with Crippen LogP contribution in [-0.2, 0) is 0 Å². The fourth-order valence-electron chi connectivity index (χ4n) is 2.55. The number of amides is 1. The lowest BCUT2D eigenvalue weighted by Gasteiger charge is -2.09. The van der Waals surface area contributed by atoms with Gasteiger partial charge in [-0.2, -0.15) is 0 Å². The van der Waals surface area contributed by atoms with E-state index in [-0.39, 0.29) is 5.91 Å². The SMILES string of the molecule is O=C(Nc1cccc2cccnc12)c1cccc(NSc2cccs2)c1. The molecular formula is C20H15N3OS2. The number of thiophene rings is 1. The molecular weight excluding hydrogens is 362 g/mol. The standard InChI is InChI=1S/C20H15N3OS2/c24-20(22-17-9-2-5-14-7-3-11-21-19(14)17)15-6-1-8-16(13-15)23-26-18-10-4-12-25-18/h1-13,23H,(H,22,24). The number of anilines is 2. The van der Waals surface area contributed by atoms with Crippen LogP contribution in [0.1, 0.15) is 10.4 Å². The van der Waals surface area contributed by atoms with Gasteiger partial charge in [-0.25, -0.2) is 0 Å². The Morgan fingerprint density at radius 2 is 1.88 bits per heavy atom. The van der Waals surface area contributed by atoms with Crippen LogP contribution >= 0.6 is 23.3 Å². The zero-order chi connectivity index (χ0) is 17.8. The third-order valence-corrected chi connectivity index (χ3v) is 5.65. The molecule has 0 fully saturated rings. The number of carbonyl (C=O) groups is 1. The van der Waals surface area contributed by atoms with Crippen LogP contribution in [0.15, 0.2) is 82.5 Å². The Hall–Kier alpha value is -2.83. The molecule has 26 heavy (non-hydrogen) atoms. The highest BCUT2D eigenvalue weighted by atomic mass is 32.2. The summed E-state index contributed by atoms with van der Waals surface area (Å²) in [5, 5.41) is 5.99. The van der Waals surface area contributed by atoms with E-state index in [9.17, 15) is 4.79 Å². The number of hydrogen-bond donors (Lipinski definition) is 2. The van der Waals surface area contributed by atoms with Crippen molar-refractivity contribution in [3.63, 3.8) is 0 Å². The monoisotopic (exact) mass is 377 g/mol. The third-order valence-electron chi connectivity index (χ3n) is 3.77. The fourth-order valence-corrected chi connectivity index (χ4v) is 3.98. The van der Waals surface area contributed by atoms with Crippen molar-refractivity contribution in [3.05, 3.63) is 83.9 Å². The molecule has 4 rings (SSSR count). The van der Waals surface area contributed by atoms with Crippen LogP contribution in [0.3, 0.4) is 0 Å². The number of rotatable bonds is 5. The normalized spacial score (nSPS) is 10.6. The van der Waals surface area contributed by atoms with Gasteiger partial charge in [-0.15, -0.1) is 11.3 Å². The molecule has 2 heterocycles. The minimum Gasteiger partial charge on any atom is -0.325 e. The molecule has 0 unspecified atom stereocenters. The van der Waals surface area contributed by atoms with Crippen LogP contribution in [-0.4, -0.2) is 10.9 Å². The molecule has 0 aliphatic carbocycles. The number of aromatic nitrogens is 1. The van der Waals surface area contributed by atoms with Crippen molar-refractivity contribution >= 4 is 51.5 Å². The number of para-hydroxylation sites is 1. The third kappa shape index (κ3) is 3.71. The molecule has 0 spiro atoms. The van der Waals surface area contributed by atoms with Crippen molar-refractivity contribution < 1.29 is 4.79 Å². The van der Waals surface area contributed by atoms with Gasteiger partial charge in [0.05, 0.1) is 15.4 Å². The van der Waals surface area contributed by atoms with Gasteiger partial charge in [0.1, 0.15) is 0 Å². The van der Waals surface area contributed by atoms with Gasteiger partial charge in [-0.3, -0.25) is 9.78 Å². The second kappa shape index (κ2) is 7.59. The number of fused-ring (bicyclic) bond motifs is 1. The molecule has 128 valence electrons. The van der Waals surface area contributed by atoms with Crippen LogP contribution in [0, 0.1) is 0 Å². The summed E-state index contributed by atoms with van der Waals surface area (Å²) >= 11 is 3.20. The summed E-state index contributed by atoms with van der Waals surface area (Å²) < 4.78 is 4.44. The Labute approximate surface area is 159 Å². The lowest BCUT2D eigenvalue weighted by atomic mass is 10.1. The quantitative estimate of drug-likeness (QED) is 0.440. The summed E-state index contributed by atoms with van der Waals surface area (Å²) in [4.78, 5) is 17.0. The number of hydrogen-bond acceptors (Lipinski definition) is 5. The summed E-state index contributed by atoms with van der Waals surface area (Å²) in [6.45, 7) is 0. The molecule has 1 amide bonds. The minimum absolute atomic E-state index is 0.159. The van der Waals surface area contributed by atoms with Gasteiger partial charge in [0.2, 0.25) is 0 Å². The predicted octanol–water partition coefficient (Wildman–Crippen LogP) is 5.67. The highest BCUT2D eigenvalue weighted by molar-refractivity contribution is 8.02. The first-order chi connectivity index (χ1) is 12.8. The molecule has 0 aliphatic rings. The smallest absolute Gasteiger partial charge is 0.255 e. The lowest BCUT2D eigenvalue weighted by Crippen LogP contribution is -2.12. The van der Waals surface area contributed by atoms with E-state index in [1.807, 2.05) is 66.0 Å². The average molecular weight is 377 g/mol. The molecule has 0 saturated heterocycles. The second-order valence-electron chi connectivity index (χ2n) is 5.55. The van der Waals surface area contributed by atoms with Gasteiger partial charge in [0.15, 0.2) is 0 Å². The molecule has 0 bridgehead atoms. The van der Waals surface area contributed by atoms with E-state index in [1.165, 1.54) is 16.2 Å². The molecule has 2 aromatic carbocycles. The van der Waals surface area contributed by atoms with Crippen LogP contribution in [0.4, 0.5) is 11.4 Å². The number of benzene rings is 2. The molecule has 4 nitrogen and oxygen atoms in total. The molecule has 4 aromatic rings. The van der Waals surface area contributed by atoms with Crippen molar-refractivity contribution in [1.82, 2.24) is 4.98 Å². The predicted molar refractivity (Wildman–Crippen MR) is 110 cm³/mol. The highest BCUT2D eigenvalue weighted by Gasteiger charge is 2.10. The molecule has 2 N–H and O–H groups in total. The van der Waals surface area contributed by atoms with Crippen molar-refractivity contribution in [1.29, 1.82) is 0 Å². The van der Waals surface area contributed by atoms with Crippen molar-refractivity contribution in [3.8, 4) is 0 Å². The maximum absolute atomic E-state index is 12.7. The Morgan fingerprint density at radius 3 is 2.77 bits per heavy atom. The first-order valence-corrected chi connectivity index (χ1v) is 9.71. The Bertz CT molecular complexity index is 1040. The molecule has 2 aromatic heterocycles. The van der Waals surface area contributed by atoms with Gasteiger partial charge >= 0.3 is 0 Å². The Kier molecular flexibility index (Phi) is 4.86. The number of nitrogens with zero attached hydrogens (tertiary/aromatic N) is 1. The molecule has 6 heteroatoms. The second-order valence-corrected chi connectivity index (χ2v) is 7.61. The van der Waals surface area contributed by atoms with Crippen LogP contribution in [0.2, 0.25) is 0 Å². The van der Waals surface area contributed by atoms with Crippen LogP contribution < -0.4 is 10.0 Å². The molecule has 0 radical (unpaired) electrons. The summed E-state index contributed by atoms with van der Waals surface area (Å²) in [6.07, 6.45) is 1.73. The zero-order valence-corrected chi connectivity index (χ0v) is 15.3. The van der Waals surface area contributed by atoms with Gasteiger partial charge < -0.3 is 10.0 Å². The van der Waals surface area contributed by atoms with Crippen molar-refractivity contribution in [2.24, 2.45) is 0 Å². The van der Waals surface area contributed by atoms with Crippen LogP contribution in [0.25, 0.3) is 10.9 Å². The van der Waals surface area contributed by atoms with Gasteiger partial charge in [0.25, 0.3) is 5.91 Å². The summed E-state index contributed by atoms with van der Waals surface area (Å²) in [6, 6.07) is 21.1. The maximum atomic E-state index is 12.7. The molecule has 0 saturated carbocycles. The number of carbonyl (C=O) groups excluding carboxylic acids is 1. The first-order valence-electron chi connectivity index (χ1n) is 8.01. The lowest BCUT2D eigenvalue weighted by molar-refractivity contribution is 0.102. The van der Waals surface area contributed by atoms with E-state index in [4.69, 9.17) is 0 Å². The van der Waals surface area contributed by atoms with Gasteiger partial charge in [0, 0.05) is 22.8 Å². The summed E-state index contributed by atoms with van der Waals surface area (Å²) in [5.74, 6) is -0.159. The van der Waals surface area contributed by atoms with Gasteiger partial charge in [-0.05, 0) is 53.7 Å².